The standard InChI is InChI=1S/C9H13N3O/c1-7-3-4-9(11-5-7)12(2)6-8(10)13/h3-5H,6H2,1-2H3,(H2,10,13). The van der Waals surface area contributed by atoms with E-state index in [0.717, 1.165) is 11.4 Å². The molecule has 4 nitrogen and oxygen atoms in total. The lowest BCUT2D eigenvalue weighted by Crippen LogP contribution is -2.30. The van der Waals surface area contributed by atoms with E-state index in [1.54, 1.807) is 18.1 Å². The number of aromatic nitrogens is 1. The van der Waals surface area contributed by atoms with Crippen molar-refractivity contribution >= 4 is 11.7 Å². The first-order valence-electron chi connectivity index (χ1n) is 4.01. The summed E-state index contributed by atoms with van der Waals surface area (Å²) in [5.41, 5.74) is 6.15. The van der Waals surface area contributed by atoms with Crippen LogP contribution in [0, 0.1) is 6.92 Å². The van der Waals surface area contributed by atoms with E-state index in [4.69, 9.17) is 5.73 Å². The lowest BCUT2D eigenvalue weighted by atomic mass is 10.3. The Kier molecular flexibility index (Phi) is 2.84. The molecule has 1 aromatic heterocycles. The number of nitrogens with two attached hydrogens (primary N) is 1. The Morgan fingerprint density at radius 3 is 2.77 bits per heavy atom. The Labute approximate surface area is 77.4 Å². The third-order valence-electron chi connectivity index (χ3n) is 1.68. The molecule has 1 rings (SSSR count). The van der Waals surface area contributed by atoms with Gasteiger partial charge in [0.1, 0.15) is 5.82 Å². The highest BCUT2D eigenvalue weighted by Crippen LogP contribution is 2.07. The summed E-state index contributed by atoms with van der Waals surface area (Å²) in [7, 11) is 1.78. The Balaban J connectivity index is 2.71. The third kappa shape index (κ3) is 2.74. The molecule has 0 unspecified atom stereocenters. The average molecular weight is 179 g/mol. The van der Waals surface area contributed by atoms with E-state index in [1.807, 2.05) is 19.1 Å². The van der Waals surface area contributed by atoms with Crippen molar-refractivity contribution in [3.05, 3.63) is 23.9 Å². The van der Waals surface area contributed by atoms with Gasteiger partial charge in [0, 0.05) is 13.2 Å². The number of amides is 1. The molecule has 0 radical (unpaired) electrons. The van der Waals surface area contributed by atoms with E-state index in [0.29, 0.717) is 0 Å². The van der Waals surface area contributed by atoms with Crippen molar-refractivity contribution in [2.24, 2.45) is 5.73 Å². The summed E-state index contributed by atoms with van der Waals surface area (Å²) >= 11 is 0. The zero-order chi connectivity index (χ0) is 9.84. The van der Waals surface area contributed by atoms with Crippen molar-refractivity contribution in [1.29, 1.82) is 0 Å². The second kappa shape index (κ2) is 3.89. The quantitative estimate of drug-likeness (QED) is 0.726. The number of aryl methyl sites for hydroxylation is 1. The number of pyridine rings is 1. The first-order valence-corrected chi connectivity index (χ1v) is 4.01. The van der Waals surface area contributed by atoms with E-state index in [1.165, 1.54) is 0 Å². The van der Waals surface area contributed by atoms with Gasteiger partial charge in [0.25, 0.3) is 0 Å². The van der Waals surface area contributed by atoms with Gasteiger partial charge in [0.2, 0.25) is 5.91 Å². The van der Waals surface area contributed by atoms with Crippen LogP contribution >= 0.6 is 0 Å². The fourth-order valence-corrected chi connectivity index (χ4v) is 1.00. The molecule has 2 N–H and O–H groups in total. The maximum Gasteiger partial charge on any atom is 0.236 e. The van der Waals surface area contributed by atoms with Crippen LogP contribution in [-0.4, -0.2) is 24.5 Å². The average Bonchev–Trinajstić information content (AvgIpc) is 2.04. The SMILES string of the molecule is Cc1ccc(N(C)CC(N)=O)nc1. The molecule has 0 saturated carbocycles. The van der Waals surface area contributed by atoms with Crippen LogP contribution in [0.2, 0.25) is 0 Å². The topological polar surface area (TPSA) is 59.2 Å². The smallest absolute Gasteiger partial charge is 0.236 e. The van der Waals surface area contributed by atoms with Crippen LogP contribution in [-0.2, 0) is 4.79 Å². The van der Waals surface area contributed by atoms with E-state index in [2.05, 4.69) is 4.98 Å². The van der Waals surface area contributed by atoms with Crippen molar-refractivity contribution in [2.45, 2.75) is 6.92 Å². The Morgan fingerprint density at radius 1 is 1.62 bits per heavy atom. The predicted octanol–water partition coefficient (Wildman–Crippen LogP) is 0.312. The number of hydrogen-bond acceptors (Lipinski definition) is 3. The highest BCUT2D eigenvalue weighted by Gasteiger charge is 2.03. The minimum atomic E-state index is -0.357. The number of likely N-dealkylation sites (N-methyl/N-ethyl adjacent to an activating group) is 1. The third-order valence-corrected chi connectivity index (χ3v) is 1.68. The van der Waals surface area contributed by atoms with Crippen LogP contribution in [0.5, 0.6) is 0 Å². The van der Waals surface area contributed by atoms with Crippen LogP contribution < -0.4 is 10.6 Å². The molecule has 1 heterocycles. The molecule has 1 amide bonds. The maximum atomic E-state index is 10.6. The molecule has 0 aliphatic carbocycles. The summed E-state index contributed by atoms with van der Waals surface area (Å²) in [5, 5.41) is 0. The molecule has 4 heteroatoms. The number of nitrogens with zero attached hydrogens (tertiary/aromatic N) is 2. The molecule has 1 aromatic rings. The van der Waals surface area contributed by atoms with Gasteiger partial charge in [-0.05, 0) is 18.6 Å². The molecule has 13 heavy (non-hydrogen) atoms. The number of hydrogen-bond donors (Lipinski definition) is 1. The molecule has 0 aliphatic heterocycles. The summed E-state index contributed by atoms with van der Waals surface area (Å²) in [4.78, 5) is 16.5. The molecular formula is C9H13N3O. The second-order valence-electron chi connectivity index (χ2n) is 3.02. The number of carbonyl (C=O) groups is 1. The van der Waals surface area contributed by atoms with E-state index in [9.17, 15) is 4.79 Å². The minimum Gasteiger partial charge on any atom is -0.368 e. The summed E-state index contributed by atoms with van der Waals surface area (Å²) in [6, 6.07) is 3.80. The van der Waals surface area contributed by atoms with Gasteiger partial charge in [-0.3, -0.25) is 4.79 Å². The first-order chi connectivity index (χ1) is 6.09. The molecule has 0 aliphatic rings. The normalized spacial score (nSPS) is 9.69. The fourth-order valence-electron chi connectivity index (χ4n) is 1.00. The van der Waals surface area contributed by atoms with Crippen LogP contribution in [0.25, 0.3) is 0 Å². The molecule has 0 bridgehead atoms. The minimum absolute atomic E-state index is 0.191. The van der Waals surface area contributed by atoms with Crippen LogP contribution in [0.15, 0.2) is 18.3 Å². The Hall–Kier alpha value is -1.58. The fraction of sp³-hybridized carbons (Fsp3) is 0.333. The van der Waals surface area contributed by atoms with Crippen molar-refractivity contribution in [3.8, 4) is 0 Å². The lowest BCUT2D eigenvalue weighted by Gasteiger charge is -2.15. The number of carbonyl (C=O) groups excluding carboxylic acids is 1. The monoisotopic (exact) mass is 179 g/mol. The van der Waals surface area contributed by atoms with Gasteiger partial charge >= 0.3 is 0 Å². The zero-order valence-corrected chi connectivity index (χ0v) is 7.82. The Bertz CT molecular complexity index is 294. The van der Waals surface area contributed by atoms with Gasteiger partial charge in [0.05, 0.1) is 6.54 Å². The first kappa shape index (κ1) is 9.51. The van der Waals surface area contributed by atoms with Crippen LogP contribution in [0.4, 0.5) is 5.82 Å². The van der Waals surface area contributed by atoms with Crippen LogP contribution in [0.1, 0.15) is 5.56 Å². The summed E-state index contributed by atoms with van der Waals surface area (Å²) in [6.45, 7) is 2.15. The molecule has 0 saturated heterocycles. The van der Waals surface area contributed by atoms with Gasteiger partial charge < -0.3 is 10.6 Å². The van der Waals surface area contributed by atoms with E-state index < -0.39 is 0 Å². The maximum absolute atomic E-state index is 10.6. The zero-order valence-electron chi connectivity index (χ0n) is 7.82. The number of anilines is 1. The number of primary amides is 1. The molecule has 0 fully saturated rings. The van der Waals surface area contributed by atoms with Crippen molar-refractivity contribution in [3.63, 3.8) is 0 Å². The highest BCUT2D eigenvalue weighted by molar-refractivity contribution is 5.78. The van der Waals surface area contributed by atoms with Crippen molar-refractivity contribution in [2.75, 3.05) is 18.5 Å². The molecule has 70 valence electrons. The van der Waals surface area contributed by atoms with Gasteiger partial charge in [0.15, 0.2) is 0 Å². The van der Waals surface area contributed by atoms with Crippen LogP contribution in [0.3, 0.4) is 0 Å². The molecule has 0 spiro atoms. The summed E-state index contributed by atoms with van der Waals surface area (Å²) < 4.78 is 0. The molecule has 0 aromatic carbocycles. The van der Waals surface area contributed by atoms with E-state index >= 15 is 0 Å². The predicted molar refractivity (Wildman–Crippen MR) is 51.4 cm³/mol. The van der Waals surface area contributed by atoms with E-state index in [-0.39, 0.29) is 12.5 Å². The lowest BCUT2D eigenvalue weighted by molar-refractivity contribution is -0.116. The van der Waals surface area contributed by atoms with Crippen molar-refractivity contribution in [1.82, 2.24) is 4.98 Å². The van der Waals surface area contributed by atoms with Gasteiger partial charge in [-0.15, -0.1) is 0 Å². The number of rotatable bonds is 3. The largest absolute Gasteiger partial charge is 0.368 e. The summed E-state index contributed by atoms with van der Waals surface area (Å²) in [5.74, 6) is 0.397. The Morgan fingerprint density at radius 2 is 2.31 bits per heavy atom. The molecule has 0 atom stereocenters. The van der Waals surface area contributed by atoms with Gasteiger partial charge in [-0.25, -0.2) is 4.98 Å². The second-order valence-corrected chi connectivity index (χ2v) is 3.02. The van der Waals surface area contributed by atoms with Crippen molar-refractivity contribution < 1.29 is 4.79 Å². The summed E-state index contributed by atoms with van der Waals surface area (Å²) in [6.07, 6.45) is 1.76. The van der Waals surface area contributed by atoms with Gasteiger partial charge in [-0.2, -0.15) is 0 Å². The molecular weight excluding hydrogens is 166 g/mol. The van der Waals surface area contributed by atoms with Gasteiger partial charge in [-0.1, -0.05) is 6.07 Å². The highest BCUT2D eigenvalue weighted by atomic mass is 16.1.